The molecular weight excluding hydrogens is 514 g/mol. The number of hydrogen-bond acceptors (Lipinski definition) is 2. The van der Waals surface area contributed by atoms with Crippen molar-refractivity contribution in [2.45, 2.75) is 6.42 Å². The number of rotatable bonds is 7. The molecule has 0 spiro atoms. The van der Waals surface area contributed by atoms with Crippen molar-refractivity contribution in [2.75, 3.05) is 0 Å². The molecular formula is C36H26FO2P. The minimum Gasteiger partial charge on any atom is -0.306 e. The molecule has 0 unspecified atom stereocenters. The number of carbonyl (C=O) groups excluding carboxylic acids is 1. The third-order valence-corrected chi connectivity index (χ3v) is 10.1. The quantitative estimate of drug-likeness (QED) is 0.150. The van der Waals surface area contributed by atoms with Crippen LogP contribution in [0.2, 0.25) is 0 Å². The van der Waals surface area contributed by atoms with Gasteiger partial charge in [-0.25, -0.2) is 4.39 Å². The summed E-state index contributed by atoms with van der Waals surface area (Å²) in [6.45, 7) is 0. The Morgan fingerprint density at radius 1 is 0.525 bits per heavy atom. The summed E-state index contributed by atoms with van der Waals surface area (Å²) in [5.74, 6) is -0.238. The van der Waals surface area contributed by atoms with E-state index in [9.17, 15) is 4.79 Å². The van der Waals surface area contributed by atoms with Crippen molar-refractivity contribution >= 4 is 50.7 Å². The van der Waals surface area contributed by atoms with Crippen LogP contribution in [0.3, 0.4) is 0 Å². The first-order chi connectivity index (χ1) is 19.5. The highest BCUT2D eigenvalue weighted by atomic mass is 31.2. The van der Waals surface area contributed by atoms with Crippen LogP contribution in [0.1, 0.15) is 22.3 Å². The van der Waals surface area contributed by atoms with Crippen LogP contribution in [0.25, 0.3) is 27.1 Å². The molecule has 6 aromatic rings. The summed E-state index contributed by atoms with van der Waals surface area (Å²) in [7, 11) is -4.03. The minimum atomic E-state index is -4.03. The number of benzene rings is 6. The zero-order chi connectivity index (χ0) is 27.5. The van der Waals surface area contributed by atoms with E-state index in [0.717, 1.165) is 21.5 Å². The predicted molar refractivity (Wildman–Crippen MR) is 165 cm³/mol. The Labute approximate surface area is 232 Å². The number of ketones is 1. The van der Waals surface area contributed by atoms with Crippen molar-refractivity contribution in [3.05, 3.63) is 162 Å². The van der Waals surface area contributed by atoms with Gasteiger partial charge in [0.15, 0.2) is 18.5 Å². The van der Waals surface area contributed by atoms with Gasteiger partial charge in [-0.2, -0.15) is 0 Å². The highest BCUT2D eigenvalue weighted by molar-refractivity contribution is 7.82. The van der Waals surface area contributed by atoms with E-state index in [2.05, 4.69) is 0 Å². The Morgan fingerprint density at radius 3 is 1.45 bits per heavy atom. The van der Waals surface area contributed by atoms with E-state index in [-0.39, 0.29) is 17.8 Å². The number of allylic oxidation sites excluding steroid dienone is 1. The third-order valence-electron chi connectivity index (χ3n) is 7.27. The summed E-state index contributed by atoms with van der Waals surface area (Å²) in [5.41, 5.74) is 0.383. The molecule has 4 heteroatoms. The van der Waals surface area contributed by atoms with Crippen LogP contribution in [0, 0.1) is 0 Å². The lowest BCUT2D eigenvalue weighted by molar-refractivity contribution is 0.0998. The lowest BCUT2D eigenvalue weighted by atomic mass is 9.98. The van der Waals surface area contributed by atoms with Crippen molar-refractivity contribution in [3.8, 4) is 0 Å². The molecule has 6 aromatic carbocycles. The second kappa shape index (κ2) is 10.9. The molecule has 0 radical (unpaired) electrons. The second-order valence-electron chi connectivity index (χ2n) is 9.77. The monoisotopic (exact) mass is 540 g/mol. The maximum Gasteiger partial charge on any atom is 0.198 e. The number of halogens is 1. The first-order valence-corrected chi connectivity index (χ1v) is 14.9. The highest BCUT2D eigenvalue weighted by Gasteiger charge is 2.36. The van der Waals surface area contributed by atoms with Gasteiger partial charge in [-0.15, -0.1) is 0 Å². The van der Waals surface area contributed by atoms with Crippen molar-refractivity contribution in [2.24, 2.45) is 0 Å². The van der Waals surface area contributed by atoms with Gasteiger partial charge in [-0.3, -0.25) is 4.79 Å². The maximum atomic E-state index is 17.3. The topological polar surface area (TPSA) is 34.1 Å². The van der Waals surface area contributed by atoms with Gasteiger partial charge in [0.25, 0.3) is 0 Å². The summed E-state index contributed by atoms with van der Waals surface area (Å²) >= 11 is 0. The van der Waals surface area contributed by atoms with Gasteiger partial charge in [-0.1, -0.05) is 133 Å². The fourth-order valence-electron chi connectivity index (χ4n) is 5.13. The molecule has 194 valence electrons. The summed E-state index contributed by atoms with van der Waals surface area (Å²) in [6.07, 6.45) is -0.217. The Bertz CT molecular complexity index is 1840. The summed E-state index contributed by atoms with van der Waals surface area (Å²) in [4.78, 5) is 13.4. The Hall–Kier alpha value is -4.59. The number of Topliss-reactive ketones (excluding diaryl/α,β-unsaturated/α-hetero) is 1. The highest BCUT2D eigenvalue weighted by Crippen LogP contribution is 2.56. The number of carbonyl (C=O) groups is 1. The SMILES string of the molecule is O=C(C/C(=C(/F)P(=O)(c1ccc2ccccc2c1)c1ccc2ccccc2c1)c1ccccc1)c1ccccc1. The zero-order valence-electron chi connectivity index (χ0n) is 21.7. The van der Waals surface area contributed by atoms with Gasteiger partial charge in [0, 0.05) is 28.2 Å². The normalized spacial score (nSPS) is 12.3. The summed E-state index contributed by atoms with van der Waals surface area (Å²) in [6, 6.07) is 44.2. The maximum absolute atomic E-state index is 17.3. The molecule has 0 saturated heterocycles. The molecule has 0 aliphatic carbocycles. The van der Waals surface area contributed by atoms with Crippen LogP contribution in [-0.2, 0) is 4.57 Å². The zero-order valence-corrected chi connectivity index (χ0v) is 22.6. The predicted octanol–water partition coefficient (Wildman–Crippen LogP) is 8.92. The van der Waals surface area contributed by atoms with Gasteiger partial charge in [0.05, 0.1) is 0 Å². The summed E-state index contributed by atoms with van der Waals surface area (Å²) in [5, 5.41) is 4.47. The van der Waals surface area contributed by atoms with Crippen molar-refractivity contribution in [1.82, 2.24) is 0 Å². The molecule has 0 aliphatic heterocycles. The molecule has 6 rings (SSSR count). The van der Waals surface area contributed by atoms with Gasteiger partial charge in [-0.05, 0) is 39.2 Å². The van der Waals surface area contributed by atoms with Gasteiger partial charge >= 0.3 is 0 Å². The van der Waals surface area contributed by atoms with Crippen LogP contribution in [-0.4, -0.2) is 5.78 Å². The average molecular weight is 541 g/mol. The fourth-order valence-corrected chi connectivity index (χ4v) is 7.68. The standard InChI is InChI=1S/C36H26FO2P/c37-36(34(28-13-3-1-4-14-28)25-35(38)29-15-5-2-6-16-29)40(39,32-21-19-26-11-7-9-17-30(26)23-32)33-22-20-27-12-8-10-18-31(27)24-33/h1-24H,25H2/b36-34+. The lowest BCUT2D eigenvalue weighted by Gasteiger charge is -2.22. The Balaban J connectivity index is 1.62. The molecule has 0 heterocycles. The molecule has 40 heavy (non-hydrogen) atoms. The van der Waals surface area contributed by atoms with Gasteiger partial charge < -0.3 is 4.57 Å². The molecule has 0 amide bonds. The first kappa shape index (κ1) is 25.7. The van der Waals surface area contributed by atoms with Crippen LogP contribution in [0.4, 0.5) is 4.39 Å². The first-order valence-electron chi connectivity index (χ1n) is 13.2. The molecule has 0 atom stereocenters. The molecule has 0 aromatic heterocycles. The van der Waals surface area contributed by atoms with E-state index in [1.165, 1.54) is 0 Å². The lowest BCUT2D eigenvalue weighted by Crippen LogP contribution is -2.18. The average Bonchev–Trinajstić information content (AvgIpc) is 3.03. The van der Waals surface area contributed by atoms with Crippen molar-refractivity contribution in [1.29, 1.82) is 0 Å². The Kier molecular flexibility index (Phi) is 6.99. The Morgan fingerprint density at radius 2 is 0.950 bits per heavy atom. The van der Waals surface area contributed by atoms with E-state index >= 15 is 8.96 Å². The fraction of sp³-hybridized carbons (Fsp3) is 0.0278. The van der Waals surface area contributed by atoms with E-state index in [4.69, 9.17) is 0 Å². The minimum absolute atomic E-state index is 0.138. The molecule has 0 aliphatic rings. The number of hydrogen-bond donors (Lipinski definition) is 0. The molecule has 0 fully saturated rings. The molecule has 0 N–H and O–H groups in total. The molecule has 2 nitrogen and oxygen atoms in total. The van der Waals surface area contributed by atoms with Gasteiger partial charge in [0.1, 0.15) is 0 Å². The van der Waals surface area contributed by atoms with E-state index in [1.807, 2.05) is 84.9 Å². The summed E-state index contributed by atoms with van der Waals surface area (Å²) < 4.78 is 32.7. The van der Waals surface area contributed by atoms with Crippen molar-refractivity contribution < 1.29 is 13.8 Å². The van der Waals surface area contributed by atoms with Crippen LogP contribution in [0.5, 0.6) is 0 Å². The van der Waals surface area contributed by atoms with E-state index < -0.39 is 12.7 Å². The number of fused-ring (bicyclic) bond motifs is 2. The second-order valence-corrected chi connectivity index (χ2v) is 12.4. The third kappa shape index (κ3) is 4.81. The van der Waals surface area contributed by atoms with Crippen LogP contribution in [0.15, 0.2) is 151 Å². The van der Waals surface area contributed by atoms with E-state index in [0.29, 0.717) is 21.7 Å². The van der Waals surface area contributed by atoms with Gasteiger partial charge in [0.2, 0.25) is 0 Å². The molecule has 0 saturated carbocycles. The smallest absolute Gasteiger partial charge is 0.198 e. The van der Waals surface area contributed by atoms with Crippen molar-refractivity contribution in [3.63, 3.8) is 0 Å². The van der Waals surface area contributed by atoms with Crippen LogP contribution < -0.4 is 10.6 Å². The molecule has 0 bridgehead atoms. The largest absolute Gasteiger partial charge is 0.306 e. The van der Waals surface area contributed by atoms with Crippen LogP contribution >= 0.6 is 7.14 Å². The van der Waals surface area contributed by atoms with E-state index in [1.54, 1.807) is 60.7 Å².